The summed E-state index contributed by atoms with van der Waals surface area (Å²) in [5, 5.41) is 3.96. The van der Waals surface area contributed by atoms with Crippen LogP contribution in [0.2, 0.25) is 0 Å². The zero-order valence-corrected chi connectivity index (χ0v) is 13.4. The Hall–Kier alpha value is -2.40. The monoisotopic (exact) mass is 311 g/mol. The smallest absolute Gasteiger partial charge is 0.321 e. The number of aryl methyl sites for hydroxylation is 1. The summed E-state index contributed by atoms with van der Waals surface area (Å²) in [6, 6.07) is 15.6. The zero-order valence-electron chi connectivity index (χ0n) is 12.5. The predicted octanol–water partition coefficient (Wildman–Crippen LogP) is 4.27. The molecule has 0 bridgehead atoms. The molecule has 112 valence electrons. The summed E-state index contributed by atoms with van der Waals surface area (Å²) in [4.78, 5) is 18.3. The molecular formula is C17H17N3OS. The Bertz CT molecular complexity index is 798. The molecule has 2 aromatic carbocycles. The summed E-state index contributed by atoms with van der Waals surface area (Å²) < 4.78 is 1.08. The topological polar surface area (TPSA) is 45.2 Å². The molecule has 22 heavy (non-hydrogen) atoms. The number of hydrogen-bond acceptors (Lipinski definition) is 3. The van der Waals surface area contributed by atoms with Gasteiger partial charge in [0.25, 0.3) is 0 Å². The zero-order chi connectivity index (χ0) is 15.5. The fourth-order valence-electron chi connectivity index (χ4n) is 2.27. The average molecular weight is 311 g/mol. The number of benzene rings is 2. The minimum atomic E-state index is -0.121. The van der Waals surface area contributed by atoms with E-state index < -0.39 is 0 Å². The van der Waals surface area contributed by atoms with Crippen LogP contribution in [0.15, 0.2) is 48.5 Å². The van der Waals surface area contributed by atoms with Crippen LogP contribution in [-0.4, -0.2) is 23.0 Å². The van der Waals surface area contributed by atoms with Crippen molar-refractivity contribution in [1.29, 1.82) is 0 Å². The molecule has 0 spiro atoms. The van der Waals surface area contributed by atoms with Gasteiger partial charge in [-0.2, -0.15) is 0 Å². The minimum Gasteiger partial charge on any atom is -0.323 e. The molecule has 1 heterocycles. The second-order valence-electron chi connectivity index (χ2n) is 5.19. The van der Waals surface area contributed by atoms with Crippen molar-refractivity contribution in [2.24, 2.45) is 0 Å². The first-order chi connectivity index (χ1) is 10.6. The maximum atomic E-state index is 12.3. The Morgan fingerprint density at radius 1 is 1.23 bits per heavy atom. The van der Waals surface area contributed by atoms with E-state index in [9.17, 15) is 4.79 Å². The Morgan fingerprint density at radius 3 is 2.77 bits per heavy atom. The van der Waals surface area contributed by atoms with Gasteiger partial charge in [0.05, 0.1) is 15.2 Å². The third kappa shape index (κ3) is 3.26. The van der Waals surface area contributed by atoms with Gasteiger partial charge < -0.3 is 10.2 Å². The molecule has 5 heteroatoms. The van der Waals surface area contributed by atoms with Crippen molar-refractivity contribution in [3.63, 3.8) is 0 Å². The lowest BCUT2D eigenvalue weighted by Gasteiger charge is -2.18. The number of carbonyl (C=O) groups is 1. The first kappa shape index (κ1) is 14.5. The molecule has 0 aliphatic rings. The molecule has 3 rings (SSSR count). The number of carbonyl (C=O) groups excluding carboxylic acids is 1. The maximum absolute atomic E-state index is 12.3. The van der Waals surface area contributed by atoms with E-state index in [0.29, 0.717) is 6.54 Å². The Balaban J connectivity index is 1.69. The lowest BCUT2D eigenvalue weighted by Crippen LogP contribution is -2.30. The lowest BCUT2D eigenvalue weighted by atomic mass is 10.2. The van der Waals surface area contributed by atoms with Crippen LogP contribution in [0.25, 0.3) is 10.2 Å². The van der Waals surface area contributed by atoms with Crippen molar-refractivity contribution in [2.75, 3.05) is 12.4 Å². The third-order valence-electron chi connectivity index (χ3n) is 3.36. The molecule has 1 N–H and O–H groups in total. The van der Waals surface area contributed by atoms with Crippen LogP contribution in [0.5, 0.6) is 0 Å². The highest BCUT2D eigenvalue weighted by atomic mass is 32.1. The molecule has 0 aliphatic carbocycles. The lowest BCUT2D eigenvalue weighted by molar-refractivity contribution is 0.220. The molecule has 0 saturated carbocycles. The molecular weight excluding hydrogens is 294 g/mol. The van der Waals surface area contributed by atoms with Crippen molar-refractivity contribution >= 4 is 33.3 Å². The fraction of sp³-hybridized carbons (Fsp3) is 0.176. The number of nitrogens with zero attached hydrogens (tertiary/aromatic N) is 2. The molecule has 0 aliphatic heterocycles. The normalized spacial score (nSPS) is 10.6. The van der Waals surface area contributed by atoms with Gasteiger partial charge in [0.2, 0.25) is 0 Å². The number of fused-ring (bicyclic) bond motifs is 1. The van der Waals surface area contributed by atoms with E-state index in [1.165, 1.54) is 0 Å². The van der Waals surface area contributed by atoms with Gasteiger partial charge in [-0.1, -0.05) is 30.3 Å². The largest absolute Gasteiger partial charge is 0.323 e. The van der Waals surface area contributed by atoms with Gasteiger partial charge in [-0.3, -0.25) is 0 Å². The quantitative estimate of drug-likeness (QED) is 0.785. The van der Waals surface area contributed by atoms with Gasteiger partial charge in [-0.05, 0) is 30.7 Å². The molecule has 0 radical (unpaired) electrons. The first-order valence-electron chi connectivity index (χ1n) is 7.05. The molecule has 4 nitrogen and oxygen atoms in total. The van der Waals surface area contributed by atoms with Gasteiger partial charge in [-0.15, -0.1) is 11.3 Å². The Labute approximate surface area is 133 Å². The van der Waals surface area contributed by atoms with E-state index in [4.69, 9.17) is 0 Å². The predicted molar refractivity (Wildman–Crippen MR) is 91.3 cm³/mol. The summed E-state index contributed by atoms with van der Waals surface area (Å²) in [5.74, 6) is 0. The van der Waals surface area contributed by atoms with Crippen LogP contribution >= 0.6 is 11.3 Å². The Kier molecular flexibility index (Phi) is 4.06. The standard InChI is InChI=1S/C17H17N3OS/c1-12-18-15-9-8-14(10-16(15)22-12)19-17(21)20(2)11-13-6-4-3-5-7-13/h3-10H,11H2,1-2H3,(H,19,21). The van der Waals surface area contributed by atoms with Crippen LogP contribution < -0.4 is 5.32 Å². The van der Waals surface area contributed by atoms with E-state index in [1.54, 1.807) is 23.3 Å². The van der Waals surface area contributed by atoms with Crippen molar-refractivity contribution in [3.05, 3.63) is 59.1 Å². The van der Waals surface area contributed by atoms with E-state index >= 15 is 0 Å². The van der Waals surface area contributed by atoms with Crippen LogP contribution in [0.4, 0.5) is 10.5 Å². The molecule has 0 fully saturated rings. The van der Waals surface area contributed by atoms with E-state index in [1.807, 2.05) is 55.5 Å². The van der Waals surface area contributed by atoms with Crippen LogP contribution in [0.1, 0.15) is 10.6 Å². The van der Waals surface area contributed by atoms with Crippen LogP contribution in [0, 0.1) is 6.92 Å². The number of anilines is 1. The molecule has 2 amide bonds. The number of thiazole rings is 1. The minimum absolute atomic E-state index is 0.121. The number of rotatable bonds is 3. The number of amides is 2. The van der Waals surface area contributed by atoms with Crippen LogP contribution in [0.3, 0.4) is 0 Å². The summed E-state index contributed by atoms with van der Waals surface area (Å²) in [5.41, 5.74) is 2.87. The SMILES string of the molecule is Cc1nc2ccc(NC(=O)N(C)Cc3ccccc3)cc2s1. The highest BCUT2D eigenvalue weighted by Gasteiger charge is 2.10. The maximum Gasteiger partial charge on any atom is 0.321 e. The number of urea groups is 1. The summed E-state index contributed by atoms with van der Waals surface area (Å²) in [6.07, 6.45) is 0. The van der Waals surface area contributed by atoms with Gasteiger partial charge in [0.1, 0.15) is 0 Å². The van der Waals surface area contributed by atoms with E-state index in [0.717, 1.165) is 26.5 Å². The third-order valence-corrected chi connectivity index (χ3v) is 4.29. The second-order valence-corrected chi connectivity index (χ2v) is 6.42. The molecule has 0 unspecified atom stereocenters. The molecule has 1 aromatic heterocycles. The summed E-state index contributed by atoms with van der Waals surface area (Å²) in [6.45, 7) is 2.56. The first-order valence-corrected chi connectivity index (χ1v) is 7.87. The van der Waals surface area contributed by atoms with Gasteiger partial charge >= 0.3 is 6.03 Å². The number of hydrogen-bond donors (Lipinski definition) is 1. The summed E-state index contributed by atoms with van der Waals surface area (Å²) >= 11 is 1.63. The Morgan fingerprint density at radius 2 is 2.00 bits per heavy atom. The van der Waals surface area contributed by atoms with Crippen LogP contribution in [-0.2, 0) is 6.54 Å². The van der Waals surface area contributed by atoms with Crippen molar-refractivity contribution in [1.82, 2.24) is 9.88 Å². The fourth-order valence-corrected chi connectivity index (χ4v) is 3.13. The molecule has 0 atom stereocenters. The van der Waals surface area contributed by atoms with Gasteiger partial charge in [-0.25, -0.2) is 9.78 Å². The molecule has 3 aromatic rings. The molecule has 0 saturated heterocycles. The number of aromatic nitrogens is 1. The van der Waals surface area contributed by atoms with Gasteiger partial charge in [0, 0.05) is 19.3 Å². The van der Waals surface area contributed by atoms with Gasteiger partial charge in [0.15, 0.2) is 0 Å². The van der Waals surface area contributed by atoms with E-state index in [-0.39, 0.29) is 6.03 Å². The van der Waals surface area contributed by atoms with Crippen molar-refractivity contribution in [3.8, 4) is 0 Å². The highest BCUT2D eigenvalue weighted by molar-refractivity contribution is 7.18. The highest BCUT2D eigenvalue weighted by Crippen LogP contribution is 2.24. The van der Waals surface area contributed by atoms with Crippen molar-refractivity contribution < 1.29 is 4.79 Å². The van der Waals surface area contributed by atoms with E-state index in [2.05, 4.69) is 10.3 Å². The second kappa shape index (κ2) is 6.15. The summed E-state index contributed by atoms with van der Waals surface area (Å²) in [7, 11) is 1.79. The van der Waals surface area contributed by atoms with Crippen molar-refractivity contribution in [2.45, 2.75) is 13.5 Å². The average Bonchev–Trinajstić information content (AvgIpc) is 2.87. The number of nitrogens with one attached hydrogen (secondary N) is 1.